The van der Waals surface area contributed by atoms with Gasteiger partial charge in [0.15, 0.2) is 0 Å². The van der Waals surface area contributed by atoms with Crippen LogP contribution in [0, 0.1) is 0 Å². The van der Waals surface area contributed by atoms with E-state index in [1.807, 2.05) is 0 Å². The van der Waals surface area contributed by atoms with Crippen LogP contribution in [0.25, 0.3) is 0 Å². The number of rotatable bonds is 4. The molecule has 3 rings (SSSR count). The minimum absolute atomic E-state index is 0.862. The Hall–Kier alpha value is -0.160. The van der Waals surface area contributed by atoms with Crippen molar-refractivity contribution in [3.05, 3.63) is 0 Å². The summed E-state index contributed by atoms with van der Waals surface area (Å²) in [6, 6.07) is 0.862. The van der Waals surface area contributed by atoms with Gasteiger partial charge in [-0.25, -0.2) is 0 Å². The van der Waals surface area contributed by atoms with E-state index in [2.05, 4.69) is 20.0 Å². The molecule has 0 bridgehead atoms. The lowest BCUT2D eigenvalue weighted by atomic mass is 10.1. The average Bonchev–Trinajstić information content (AvgIpc) is 2.82. The van der Waals surface area contributed by atoms with E-state index in [9.17, 15) is 0 Å². The van der Waals surface area contributed by atoms with E-state index in [1.165, 1.54) is 97.6 Å². The third-order valence-corrected chi connectivity index (χ3v) is 5.32. The molecule has 3 fully saturated rings. The van der Waals surface area contributed by atoms with Crippen LogP contribution in [-0.4, -0.2) is 86.2 Å². The highest BCUT2D eigenvalue weighted by atomic mass is 15.3. The molecule has 0 saturated carbocycles. The SMILES string of the molecule is C1CCN(C2CCN(CCN3CCCNCC3)C2)CC1. The lowest BCUT2D eigenvalue weighted by Crippen LogP contribution is -2.42. The zero-order chi connectivity index (χ0) is 13.6. The van der Waals surface area contributed by atoms with E-state index in [4.69, 9.17) is 0 Å². The fourth-order valence-corrected chi connectivity index (χ4v) is 4.00. The van der Waals surface area contributed by atoms with Crippen molar-refractivity contribution in [2.45, 2.75) is 38.1 Å². The van der Waals surface area contributed by atoms with Gasteiger partial charge in [0.1, 0.15) is 0 Å². The highest BCUT2D eigenvalue weighted by Crippen LogP contribution is 2.19. The van der Waals surface area contributed by atoms with Gasteiger partial charge < -0.3 is 15.1 Å². The quantitative estimate of drug-likeness (QED) is 0.824. The fraction of sp³-hybridized carbons (Fsp3) is 1.00. The maximum absolute atomic E-state index is 3.49. The van der Waals surface area contributed by atoms with E-state index in [0.717, 1.165) is 6.04 Å². The summed E-state index contributed by atoms with van der Waals surface area (Å²) in [6.45, 7) is 12.8. The van der Waals surface area contributed by atoms with Crippen molar-refractivity contribution in [1.29, 1.82) is 0 Å². The van der Waals surface area contributed by atoms with Crippen molar-refractivity contribution in [2.24, 2.45) is 0 Å². The molecule has 3 aliphatic rings. The van der Waals surface area contributed by atoms with Crippen molar-refractivity contribution in [3.63, 3.8) is 0 Å². The summed E-state index contributed by atoms with van der Waals surface area (Å²) in [4.78, 5) is 8.12. The topological polar surface area (TPSA) is 21.8 Å². The minimum Gasteiger partial charge on any atom is -0.315 e. The summed E-state index contributed by atoms with van der Waals surface area (Å²) in [5.74, 6) is 0. The lowest BCUT2D eigenvalue weighted by Gasteiger charge is -2.32. The number of likely N-dealkylation sites (tertiary alicyclic amines) is 2. The molecule has 0 aliphatic carbocycles. The van der Waals surface area contributed by atoms with Crippen molar-refractivity contribution < 1.29 is 0 Å². The second-order valence-electron chi connectivity index (χ2n) is 6.78. The van der Waals surface area contributed by atoms with Crippen molar-refractivity contribution in [3.8, 4) is 0 Å². The van der Waals surface area contributed by atoms with E-state index in [0.29, 0.717) is 0 Å². The highest BCUT2D eigenvalue weighted by molar-refractivity contribution is 4.85. The van der Waals surface area contributed by atoms with Gasteiger partial charge in [0.05, 0.1) is 0 Å². The van der Waals surface area contributed by atoms with Crippen LogP contribution < -0.4 is 5.32 Å². The molecule has 0 aromatic heterocycles. The van der Waals surface area contributed by atoms with Crippen LogP contribution in [-0.2, 0) is 0 Å². The normalized spacial score (nSPS) is 31.5. The first-order valence-electron chi connectivity index (χ1n) is 8.81. The third kappa shape index (κ3) is 4.17. The Kier molecular flexibility index (Phi) is 5.71. The molecular weight excluding hydrogens is 248 g/mol. The fourth-order valence-electron chi connectivity index (χ4n) is 4.00. The van der Waals surface area contributed by atoms with Crippen LogP contribution >= 0.6 is 0 Å². The predicted octanol–water partition coefficient (Wildman–Crippen LogP) is 0.842. The maximum atomic E-state index is 3.49. The molecule has 3 aliphatic heterocycles. The molecule has 3 heterocycles. The summed E-state index contributed by atoms with van der Waals surface area (Å²) in [5.41, 5.74) is 0. The second kappa shape index (κ2) is 7.74. The van der Waals surface area contributed by atoms with Crippen LogP contribution in [0.1, 0.15) is 32.1 Å². The zero-order valence-corrected chi connectivity index (χ0v) is 13.0. The predicted molar refractivity (Wildman–Crippen MR) is 84.2 cm³/mol. The monoisotopic (exact) mass is 280 g/mol. The lowest BCUT2D eigenvalue weighted by molar-refractivity contribution is 0.158. The van der Waals surface area contributed by atoms with E-state index in [1.54, 1.807) is 0 Å². The number of nitrogens with zero attached hydrogens (tertiary/aromatic N) is 3. The number of hydrogen-bond acceptors (Lipinski definition) is 4. The molecule has 116 valence electrons. The molecule has 0 aromatic carbocycles. The van der Waals surface area contributed by atoms with Crippen molar-refractivity contribution >= 4 is 0 Å². The van der Waals surface area contributed by atoms with Crippen LogP contribution in [0.2, 0.25) is 0 Å². The Bertz CT molecular complexity index is 270. The van der Waals surface area contributed by atoms with Gasteiger partial charge in [0.2, 0.25) is 0 Å². The summed E-state index contributed by atoms with van der Waals surface area (Å²) < 4.78 is 0. The summed E-state index contributed by atoms with van der Waals surface area (Å²) in [7, 11) is 0. The molecular formula is C16H32N4. The molecule has 0 amide bonds. The maximum Gasteiger partial charge on any atom is 0.0235 e. The van der Waals surface area contributed by atoms with Gasteiger partial charge in [-0.3, -0.25) is 4.90 Å². The molecule has 0 aromatic rings. The molecule has 0 radical (unpaired) electrons. The first-order chi connectivity index (χ1) is 9.92. The molecule has 1 N–H and O–H groups in total. The van der Waals surface area contributed by atoms with Crippen LogP contribution in [0.3, 0.4) is 0 Å². The number of nitrogens with one attached hydrogen (secondary N) is 1. The molecule has 4 nitrogen and oxygen atoms in total. The van der Waals surface area contributed by atoms with E-state index < -0.39 is 0 Å². The van der Waals surface area contributed by atoms with Gasteiger partial charge in [-0.1, -0.05) is 6.42 Å². The molecule has 0 spiro atoms. The van der Waals surface area contributed by atoms with Crippen LogP contribution in [0.15, 0.2) is 0 Å². The van der Waals surface area contributed by atoms with Crippen LogP contribution in [0.5, 0.6) is 0 Å². The Morgan fingerprint density at radius 1 is 0.750 bits per heavy atom. The van der Waals surface area contributed by atoms with Gasteiger partial charge in [-0.15, -0.1) is 0 Å². The van der Waals surface area contributed by atoms with Gasteiger partial charge in [-0.2, -0.15) is 0 Å². The second-order valence-corrected chi connectivity index (χ2v) is 6.78. The summed E-state index contributed by atoms with van der Waals surface area (Å²) in [6.07, 6.45) is 7.03. The molecule has 1 atom stereocenters. The van der Waals surface area contributed by atoms with E-state index >= 15 is 0 Å². The summed E-state index contributed by atoms with van der Waals surface area (Å²) >= 11 is 0. The van der Waals surface area contributed by atoms with Gasteiger partial charge in [0.25, 0.3) is 0 Å². The Morgan fingerprint density at radius 3 is 2.50 bits per heavy atom. The van der Waals surface area contributed by atoms with Crippen molar-refractivity contribution in [2.75, 3.05) is 65.4 Å². The number of hydrogen-bond donors (Lipinski definition) is 1. The van der Waals surface area contributed by atoms with Gasteiger partial charge in [-0.05, 0) is 58.4 Å². The molecule has 1 unspecified atom stereocenters. The summed E-state index contributed by atoms with van der Waals surface area (Å²) in [5, 5.41) is 3.49. The van der Waals surface area contributed by atoms with Crippen LogP contribution in [0.4, 0.5) is 0 Å². The Balaban J connectivity index is 1.36. The van der Waals surface area contributed by atoms with Gasteiger partial charge in [0, 0.05) is 38.8 Å². The van der Waals surface area contributed by atoms with Crippen molar-refractivity contribution in [1.82, 2.24) is 20.0 Å². The molecule has 4 heteroatoms. The molecule has 3 saturated heterocycles. The minimum atomic E-state index is 0.862. The first-order valence-corrected chi connectivity index (χ1v) is 8.81. The number of piperidine rings is 1. The molecule has 20 heavy (non-hydrogen) atoms. The largest absolute Gasteiger partial charge is 0.315 e. The highest BCUT2D eigenvalue weighted by Gasteiger charge is 2.28. The Labute approximate surface area is 124 Å². The average molecular weight is 280 g/mol. The standard InChI is InChI=1S/C16H32N4/c1-2-9-20(10-3-1)16-5-11-19(15-16)14-13-18-8-4-6-17-7-12-18/h16-17H,1-15H2. The third-order valence-electron chi connectivity index (χ3n) is 5.32. The Morgan fingerprint density at radius 2 is 1.60 bits per heavy atom. The zero-order valence-electron chi connectivity index (χ0n) is 13.0. The smallest absolute Gasteiger partial charge is 0.0235 e. The first kappa shape index (κ1) is 14.8. The van der Waals surface area contributed by atoms with Gasteiger partial charge >= 0.3 is 0 Å². The van der Waals surface area contributed by atoms with E-state index in [-0.39, 0.29) is 0 Å².